The van der Waals surface area contributed by atoms with E-state index in [-0.39, 0.29) is 0 Å². The van der Waals surface area contributed by atoms with Crippen LogP contribution in [0, 0.1) is 6.92 Å². The van der Waals surface area contributed by atoms with Gasteiger partial charge in [-0.25, -0.2) is 0 Å². The summed E-state index contributed by atoms with van der Waals surface area (Å²) in [6, 6.07) is 4.89. The van der Waals surface area contributed by atoms with Crippen molar-refractivity contribution < 1.29 is 17.7 Å². The number of aromatic nitrogens is 2. The first-order valence-electron chi connectivity index (χ1n) is 4.90. The van der Waals surface area contributed by atoms with Crippen LogP contribution >= 0.6 is 0 Å². The maximum atomic E-state index is 12.3. The largest absolute Gasteiger partial charge is 0.416 e. The van der Waals surface area contributed by atoms with Crippen LogP contribution in [-0.4, -0.2) is 10.1 Å². The Bertz CT molecular complexity index is 502. The summed E-state index contributed by atoms with van der Waals surface area (Å²) >= 11 is 0. The molecule has 1 heterocycles. The van der Waals surface area contributed by atoms with Gasteiger partial charge in [0.2, 0.25) is 5.89 Å². The van der Waals surface area contributed by atoms with Crippen molar-refractivity contribution in [3.63, 3.8) is 0 Å². The van der Waals surface area contributed by atoms with Crippen LogP contribution < -0.4 is 0 Å². The van der Waals surface area contributed by atoms with Crippen LogP contribution in [0.2, 0.25) is 0 Å². The van der Waals surface area contributed by atoms with E-state index >= 15 is 0 Å². The molecule has 3 nitrogen and oxygen atoms in total. The lowest BCUT2D eigenvalue weighted by Gasteiger charge is -2.06. The second-order valence-electron chi connectivity index (χ2n) is 3.61. The van der Waals surface area contributed by atoms with Crippen LogP contribution in [0.3, 0.4) is 0 Å². The van der Waals surface area contributed by atoms with Gasteiger partial charge in [-0.2, -0.15) is 18.2 Å². The Hall–Kier alpha value is -1.85. The van der Waals surface area contributed by atoms with Crippen molar-refractivity contribution in [3.8, 4) is 0 Å². The highest BCUT2D eigenvalue weighted by molar-refractivity contribution is 5.26. The van der Waals surface area contributed by atoms with Crippen LogP contribution in [-0.2, 0) is 12.6 Å². The van der Waals surface area contributed by atoms with Crippen molar-refractivity contribution in [3.05, 3.63) is 47.1 Å². The molecule has 0 aliphatic heterocycles. The van der Waals surface area contributed by atoms with E-state index in [1.165, 1.54) is 12.1 Å². The highest BCUT2D eigenvalue weighted by atomic mass is 19.4. The molecule has 17 heavy (non-hydrogen) atoms. The number of hydrogen-bond acceptors (Lipinski definition) is 3. The Labute approximate surface area is 95.3 Å². The molecular formula is C11H9F3N2O. The van der Waals surface area contributed by atoms with E-state index in [0.717, 1.165) is 12.1 Å². The van der Waals surface area contributed by atoms with E-state index in [1.807, 2.05) is 0 Å². The molecule has 0 saturated carbocycles. The summed E-state index contributed by atoms with van der Waals surface area (Å²) < 4.78 is 41.8. The van der Waals surface area contributed by atoms with Gasteiger partial charge in [-0.1, -0.05) is 17.3 Å². The number of rotatable bonds is 2. The first kappa shape index (κ1) is 11.6. The smallest absolute Gasteiger partial charge is 0.339 e. The molecule has 1 aromatic heterocycles. The van der Waals surface area contributed by atoms with Crippen LogP contribution in [0.1, 0.15) is 22.8 Å². The van der Waals surface area contributed by atoms with Crippen molar-refractivity contribution in [2.75, 3.05) is 0 Å². The van der Waals surface area contributed by atoms with Crippen molar-refractivity contribution in [1.82, 2.24) is 10.1 Å². The first-order valence-corrected chi connectivity index (χ1v) is 4.90. The monoisotopic (exact) mass is 242 g/mol. The van der Waals surface area contributed by atoms with E-state index in [2.05, 4.69) is 10.1 Å². The number of benzene rings is 1. The van der Waals surface area contributed by atoms with Gasteiger partial charge in [0, 0.05) is 0 Å². The molecule has 0 bridgehead atoms. The highest BCUT2D eigenvalue weighted by Gasteiger charge is 2.29. The summed E-state index contributed by atoms with van der Waals surface area (Å²) in [5, 5.41) is 3.60. The lowest BCUT2D eigenvalue weighted by atomic mass is 10.1. The van der Waals surface area contributed by atoms with Gasteiger partial charge >= 0.3 is 6.18 Å². The van der Waals surface area contributed by atoms with Gasteiger partial charge < -0.3 is 4.52 Å². The molecule has 0 N–H and O–H groups in total. The van der Waals surface area contributed by atoms with E-state index in [9.17, 15) is 13.2 Å². The number of nitrogens with zero attached hydrogens (tertiary/aromatic N) is 2. The summed E-state index contributed by atoms with van der Waals surface area (Å²) in [4.78, 5) is 3.98. The van der Waals surface area contributed by atoms with Crippen molar-refractivity contribution in [2.24, 2.45) is 0 Å². The summed E-state index contributed by atoms with van der Waals surface area (Å²) in [5.41, 5.74) is 0.0320. The molecule has 6 heteroatoms. The molecule has 0 saturated heterocycles. The van der Waals surface area contributed by atoms with Gasteiger partial charge in [0.05, 0.1) is 12.0 Å². The van der Waals surface area contributed by atoms with Crippen LogP contribution in [0.25, 0.3) is 0 Å². The third-order valence-electron chi connectivity index (χ3n) is 2.21. The second kappa shape index (κ2) is 4.20. The molecule has 90 valence electrons. The zero-order valence-electron chi connectivity index (χ0n) is 8.95. The molecule has 1 aromatic carbocycles. The van der Waals surface area contributed by atoms with Crippen LogP contribution in [0.15, 0.2) is 28.8 Å². The van der Waals surface area contributed by atoms with Gasteiger partial charge in [0.25, 0.3) is 0 Å². The lowest BCUT2D eigenvalue weighted by molar-refractivity contribution is -0.137. The number of aryl methyl sites for hydroxylation is 1. The Morgan fingerprint density at radius 3 is 2.29 bits per heavy atom. The van der Waals surface area contributed by atoms with E-state index in [1.54, 1.807) is 6.92 Å². The Balaban J connectivity index is 2.13. The molecule has 0 atom stereocenters. The molecule has 2 rings (SSSR count). The van der Waals surface area contributed by atoms with E-state index in [4.69, 9.17) is 4.52 Å². The van der Waals surface area contributed by atoms with Crippen molar-refractivity contribution in [1.29, 1.82) is 0 Å². The van der Waals surface area contributed by atoms with Crippen LogP contribution in [0.4, 0.5) is 13.2 Å². The van der Waals surface area contributed by atoms with Gasteiger partial charge in [0.15, 0.2) is 5.82 Å². The summed E-state index contributed by atoms with van der Waals surface area (Å²) in [6.45, 7) is 1.68. The molecule has 0 radical (unpaired) electrons. The predicted molar refractivity (Wildman–Crippen MR) is 53.3 cm³/mol. The second-order valence-corrected chi connectivity index (χ2v) is 3.61. The molecule has 0 amide bonds. The Morgan fingerprint density at radius 1 is 1.18 bits per heavy atom. The van der Waals surface area contributed by atoms with Crippen LogP contribution in [0.5, 0.6) is 0 Å². The van der Waals surface area contributed by atoms with Crippen molar-refractivity contribution in [2.45, 2.75) is 19.5 Å². The molecular weight excluding hydrogens is 233 g/mol. The average Bonchev–Trinajstić information content (AvgIpc) is 2.63. The fraction of sp³-hybridized carbons (Fsp3) is 0.273. The quantitative estimate of drug-likeness (QED) is 0.812. The zero-order valence-corrected chi connectivity index (χ0v) is 8.95. The minimum Gasteiger partial charge on any atom is -0.339 e. The van der Waals surface area contributed by atoms with E-state index in [0.29, 0.717) is 23.7 Å². The first-order chi connectivity index (χ1) is 7.95. The van der Waals surface area contributed by atoms with Crippen molar-refractivity contribution >= 4 is 0 Å². The Kier molecular flexibility index (Phi) is 2.87. The lowest BCUT2D eigenvalue weighted by Crippen LogP contribution is -2.04. The summed E-state index contributed by atoms with van der Waals surface area (Å²) in [6.07, 6.45) is -3.97. The highest BCUT2D eigenvalue weighted by Crippen LogP contribution is 2.29. The van der Waals surface area contributed by atoms with Gasteiger partial charge in [-0.3, -0.25) is 0 Å². The minimum atomic E-state index is -4.31. The fourth-order valence-corrected chi connectivity index (χ4v) is 1.40. The normalized spacial score (nSPS) is 11.8. The third-order valence-corrected chi connectivity index (χ3v) is 2.21. The number of hydrogen-bond donors (Lipinski definition) is 0. The number of halogens is 3. The zero-order chi connectivity index (χ0) is 12.5. The molecule has 2 aromatic rings. The van der Waals surface area contributed by atoms with E-state index < -0.39 is 11.7 Å². The maximum Gasteiger partial charge on any atom is 0.416 e. The molecule has 0 unspecified atom stereocenters. The topological polar surface area (TPSA) is 38.9 Å². The number of alkyl halides is 3. The maximum absolute atomic E-state index is 12.3. The summed E-state index contributed by atoms with van der Waals surface area (Å²) in [7, 11) is 0. The minimum absolute atomic E-state index is 0.332. The standard InChI is InChI=1S/C11H9F3N2O/c1-7-15-10(17-16-7)6-8-2-4-9(5-3-8)11(12,13)14/h2-5H,6H2,1H3. The molecule has 0 aliphatic rings. The summed E-state index contributed by atoms with van der Waals surface area (Å²) in [5.74, 6) is 0.897. The molecule has 0 fully saturated rings. The average molecular weight is 242 g/mol. The Morgan fingerprint density at radius 2 is 1.82 bits per heavy atom. The fourth-order valence-electron chi connectivity index (χ4n) is 1.40. The van der Waals surface area contributed by atoms with Gasteiger partial charge in [-0.15, -0.1) is 0 Å². The molecule has 0 spiro atoms. The van der Waals surface area contributed by atoms with Gasteiger partial charge in [-0.05, 0) is 24.6 Å². The predicted octanol–water partition coefficient (Wildman–Crippen LogP) is 2.99. The van der Waals surface area contributed by atoms with Gasteiger partial charge in [0.1, 0.15) is 0 Å². The third kappa shape index (κ3) is 2.83. The molecule has 0 aliphatic carbocycles. The SMILES string of the molecule is Cc1noc(Cc2ccc(C(F)(F)F)cc2)n1.